The summed E-state index contributed by atoms with van der Waals surface area (Å²) in [6.07, 6.45) is 0. The maximum Gasteiger partial charge on any atom is 0.255 e. The third kappa shape index (κ3) is 15.8. The Balaban J connectivity index is 1.25. The maximum atomic E-state index is 13.6. The number of benzene rings is 4. The van der Waals surface area contributed by atoms with Crippen molar-refractivity contribution < 1.29 is 79.2 Å². The van der Waals surface area contributed by atoms with Gasteiger partial charge < -0.3 is 93.2 Å². The zero-order valence-electron chi connectivity index (χ0n) is 44.8. The van der Waals surface area contributed by atoms with Gasteiger partial charge in [-0.05, 0) is 69.6 Å². The molecule has 1 atom stereocenters. The quantitative estimate of drug-likeness (QED) is 0.100. The second-order valence-corrected chi connectivity index (χ2v) is 19.3. The fourth-order valence-electron chi connectivity index (χ4n) is 8.75. The Morgan fingerprint density at radius 3 is 0.778 bits per heavy atom. The van der Waals surface area contributed by atoms with E-state index in [1.54, 1.807) is 40.6 Å². The molecule has 0 spiro atoms. The highest BCUT2D eigenvalue weighted by molar-refractivity contribution is 6.05. The van der Waals surface area contributed by atoms with Crippen LogP contribution in [0.3, 0.4) is 0 Å². The van der Waals surface area contributed by atoms with E-state index in [4.69, 9.17) is 0 Å². The molecule has 436 valence electrons. The molecule has 8 amide bonds. The Hall–Kier alpha value is -9.12. The first-order valence-corrected chi connectivity index (χ1v) is 25.9. The van der Waals surface area contributed by atoms with Crippen molar-refractivity contribution in [2.75, 3.05) is 125 Å². The molecule has 8 heterocycles. The van der Waals surface area contributed by atoms with Gasteiger partial charge in [0.15, 0.2) is 46.0 Å². The summed E-state index contributed by atoms with van der Waals surface area (Å²) in [6.45, 7) is 3.23. The number of hydrogen-bond donors (Lipinski definition) is 16. The second-order valence-electron chi connectivity index (χ2n) is 19.3. The summed E-state index contributed by atoms with van der Waals surface area (Å²) in [6, 6.07) is 8.64. The van der Waals surface area contributed by atoms with Crippen molar-refractivity contribution >= 4 is 47.3 Å². The van der Waals surface area contributed by atoms with Crippen LogP contribution in [0, 0.1) is 0 Å². The topological polar surface area (TPSA) is 408 Å². The molecule has 0 radical (unpaired) electrons. The highest BCUT2D eigenvalue weighted by atomic mass is 16.3. The fraction of sp³-hybridized carbons (Fsp3) is 0.396. The minimum atomic E-state index is -0.851. The fourth-order valence-corrected chi connectivity index (χ4v) is 8.75. The molecule has 1 unspecified atom stereocenters. The number of phenols is 8. The number of rotatable bonds is 3. The first-order valence-electron chi connectivity index (χ1n) is 25.9. The monoisotopic (exact) mass is 1130 g/mol. The Kier molecular flexibility index (Phi) is 21.2. The minimum absolute atomic E-state index is 0.0467. The van der Waals surface area contributed by atoms with Crippen molar-refractivity contribution in [2.45, 2.75) is 13.0 Å². The summed E-state index contributed by atoms with van der Waals surface area (Å²) in [4.78, 5) is 113. The van der Waals surface area contributed by atoms with Gasteiger partial charge in [-0.1, -0.05) is 0 Å². The van der Waals surface area contributed by atoms with Gasteiger partial charge in [-0.15, -0.1) is 0 Å². The van der Waals surface area contributed by atoms with Crippen LogP contribution in [0.2, 0.25) is 0 Å². The van der Waals surface area contributed by atoms with E-state index in [0.29, 0.717) is 0 Å². The van der Waals surface area contributed by atoms with Crippen LogP contribution in [-0.2, 0) is 0 Å². The third-order valence-electron chi connectivity index (χ3n) is 13.5. The SMILES string of the molecule is CC1CN(CCN2CCNC(=O)c3ccc(c(O)c3O)C(=O)NCCN(C)CCNC(=O)c3ccc(c(O)c3O)C(=O)NCC2)CCNC(=O)c2ccc(c(O)c2O)C(=O)NCCN(C)CCNC(=O)c2ccc(c(O)c2O)C(=O)N1. The second kappa shape index (κ2) is 28.2. The van der Waals surface area contributed by atoms with Crippen molar-refractivity contribution in [2.24, 2.45) is 0 Å². The van der Waals surface area contributed by atoms with Crippen molar-refractivity contribution in [3.63, 3.8) is 0 Å². The van der Waals surface area contributed by atoms with Crippen LogP contribution in [0.4, 0.5) is 0 Å². The molecule has 8 bridgehead atoms. The van der Waals surface area contributed by atoms with Crippen LogP contribution in [0.5, 0.6) is 46.0 Å². The predicted molar refractivity (Wildman–Crippen MR) is 290 cm³/mol. The molecule has 0 aromatic heterocycles. The number of aromatic hydroxyl groups is 8. The molecule has 0 saturated heterocycles. The van der Waals surface area contributed by atoms with Gasteiger partial charge in [-0.2, -0.15) is 0 Å². The summed E-state index contributed by atoms with van der Waals surface area (Å²) in [5, 5.41) is 108. The number of phenolic OH excluding ortho intramolecular Hbond substituents is 8. The van der Waals surface area contributed by atoms with E-state index in [9.17, 15) is 79.2 Å². The summed E-state index contributed by atoms with van der Waals surface area (Å²) < 4.78 is 0. The number of carbonyl (C=O) groups excluding carboxylic acids is 8. The lowest BCUT2D eigenvalue weighted by Crippen LogP contribution is -2.48. The maximum absolute atomic E-state index is 13.6. The molecule has 28 nitrogen and oxygen atoms in total. The van der Waals surface area contributed by atoms with Gasteiger partial charge in [0.25, 0.3) is 47.3 Å². The summed E-state index contributed by atoms with van der Waals surface area (Å²) in [7, 11) is 3.41. The number of nitrogens with zero attached hydrogens (tertiary/aromatic N) is 4. The van der Waals surface area contributed by atoms with Crippen LogP contribution < -0.4 is 42.5 Å². The summed E-state index contributed by atoms with van der Waals surface area (Å²) in [5.74, 6) is -13.0. The molecule has 4 aromatic rings. The summed E-state index contributed by atoms with van der Waals surface area (Å²) in [5.41, 5.74) is -2.62. The molecule has 4 aromatic carbocycles. The van der Waals surface area contributed by atoms with Crippen LogP contribution in [0.25, 0.3) is 0 Å². The number of nitrogens with one attached hydrogen (secondary N) is 8. The highest BCUT2D eigenvalue weighted by Gasteiger charge is 2.27. The van der Waals surface area contributed by atoms with Crippen molar-refractivity contribution in [1.82, 2.24) is 62.1 Å². The number of hydrogen-bond acceptors (Lipinski definition) is 20. The smallest absolute Gasteiger partial charge is 0.255 e. The molecule has 0 saturated carbocycles. The first kappa shape index (κ1) is 61.1. The Bertz CT molecular complexity index is 2940. The van der Waals surface area contributed by atoms with E-state index in [1.807, 2.05) is 0 Å². The van der Waals surface area contributed by atoms with Crippen LogP contribution >= 0.6 is 0 Å². The van der Waals surface area contributed by atoms with Crippen molar-refractivity contribution in [1.29, 1.82) is 0 Å². The van der Waals surface area contributed by atoms with E-state index >= 15 is 0 Å². The first-order chi connectivity index (χ1) is 38.6. The van der Waals surface area contributed by atoms with E-state index in [2.05, 4.69) is 42.5 Å². The molecule has 0 fully saturated rings. The van der Waals surface area contributed by atoms with Gasteiger partial charge in [0.1, 0.15) is 0 Å². The van der Waals surface area contributed by atoms with Gasteiger partial charge in [0.2, 0.25) is 0 Å². The number of carbonyl (C=O) groups is 8. The van der Waals surface area contributed by atoms with Gasteiger partial charge >= 0.3 is 0 Å². The predicted octanol–water partition coefficient (Wildman–Crippen LogP) is -1.85. The number of amides is 8. The van der Waals surface area contributed by atoms with Gasteiger partial charge in [0.05, 0.1) is 44.5 Å². The lowest BCUT2D eigenvalue weighted by molar-refractivity contribution is 0.0904. The minimum Gasteiger partial charge on any atom is -0.504 e. The van der Waals surface area contributed by atoms with Crippen molar-refractivity contribution in [3.05, 3.63) is 93.0 Å². The van der Waals surface area contributed by atoms with E-state index in [-0.39, 0.29) is 156 Å². The Morgan fingerprint density at radius 1 is 0.333 bits per heavy atom. The largest absolute Gasteiger partial charge is 0.504 e. The van der Waals surface area contributed by atoms with Crippen LogP contribution in [0.15, 0.2) is 48.5 Å². The third-order valence-corrected chi connectivity index (χ3v) is 13.5. The molecule has 12 rings (SSSR count). The van der Waals surface area contributed by atoms with Gasteiger partial charge in [-0.3, -0.25) is 48.2 Å². The lowest BCUT2D eigenvalue weighted by atomic mass is 10.1. The average Bonchev–Trinajstić information content (AvgIpc) is 3.62. The van der Waals surface area contributed by atoms with Gasteiger partial charge in [0, 0.05) is 117 Å². The molecule has 0 aliphatic carbocycles. The highest BCUT2D eigenvalue weighted by Crippen LogP contribution is 2.36. The number of likely N-dealkylation sites (N-methyl/N-ethyl adjacent to an activating group) is 2. The standard InChI is InChI=1S/C53H68N12O16/c1-29-28-65(25-18-60-52(80)35-9-6-32(40(68)43(35)71)48(76)56-14-21-63(3)22-15-57-49(77)36-10-11-37(53(81)61-29)45(73)44(36)72)27-26-64-23-16-58-50(78)33-7-4-30(38(66)41(33)69)46(74)54-12-19-62(2)20-13-55-47(75)31-5-8-34(42(70)39(31)67)51(79)59-17-24-64/h4-11,29,66-73H,12-28H2,1-3H3,(H,54,74)(H,55,75)(H,56,76)(H,57,77)(H,58,78)(H,59,79)(H,60,80)(H,61,81). The summed E-state index contributed by atoms with van der Waals surface area (Å²) >= 11 is 0. The molecule has 8 aliphatic rings. The Morgan fingerprint density at radius 2 is 0.531 bits per heavy atom. The molecule has 8 aliphatic heterocycles. The Labute approximate surface area is 464 Å². The van der Waals surface area contributed by atoms with Crippen molar-refractivity contribution in [3.8, 4) is 46.0 Å². The normalized spacial score (nSPS) is 18.7. The van der Waals surface area contributed by atoms with E-state index in [0.717, 1.165) is 0 Å². The average molecular weight is 1130 g/mol. The van der Waals surface area contributed by atoms with E-state index in [1.165, 1.54) is 48.5 Å². The molecule has 16 N–H and O–H groups in total. The zero-order valence-corrected chi connectivity index (χ0v) is 44.8. The molecular formula is C53H68N12O16. The van der Waals surface area contributed by atoms with E-state index < -0.39 is 99.3 Å². The molecule has 28 heteroatoms. The zero-order chi connectivity index (χ0) is 59.1. The molecular weight excluding hydrogens is 1060 g/mol. The van der Waals surface area contributed by atoms with Crippen LogP contribution in [-0.4, -0.2) is 239 Å². The van der Waals surface area contributed by atoms with Gasteiger partial charge in [-0.25, -0.2) is 0 Å². The molecule has 81 heavy (non-hydrogen) atoms. The lowest BCUT2D eigenvalue weighted by Gasteiger charge is -2.30. The van der Waals surface area contributed by atoms with Crippen LogP contribution in [0.1, 0.15) is 89.8 Å².